The molecule has 4 aliphatic carbocycles. The lowest BCUT2D eigenvalue weighted by molar-refractivity contribution is 0.155. The molecule has 2 aromatic rings. The van der Waals surface area contributed by atoms with Gasteiger partial charge in [0.25, 0.3) is 0 Å². The highest BCUT2D eigenvalue weighted by molar-refractivity contribution is 5.34. The van der Waals surface area contributed by atoms with Gasteiger partial charge in [0.05, 0.1) is 13.2 Å². The van der Waals surface area contributed by atoms with Gasteiger partial charge in [-0.2, -0.15) is 8.78 Å². The molecule has 0 radical (unpaired) electrons. The first-order valence-corrected chi connectivity index (χ1v) is 22.1. The van der Waals surface area contributed by atoms with Gasteiger partial charge in [-0.15, -0.1) is 6.58 Å². The van der Waals surface area contributed by atoms with Crippen molar-refractivity contribution in [2.75, 3.05) is 13.2 Å². The van der Waals surface area contributed by atoms with E-state index in [9.17, 15) is 17.6 Å². The highest BCUT2D eigenvalue weighted by Gasteiger charge is 2.34. The molecule has 0 N–H and O–H groups in total. The first-order valence-electron chi connectivity index (χ1n) is 22.1. The second kappa shape index (κ2) is 21.7. The van der Waals surface area contributed by atoms with Gasteiger partial charge in [0.2, 0.25) is 11.6 Å². The summed E-state index contributed by atoms with van der Waals surface area (Å²) in [4.78, 5) is 0. The average molecular weight is 755 g/mol. The Balaban J connectivity index is 0.000000210. The third-order valence-corrected chi connectivity index (χ3v) is 14.0. The van der Waals surface area contributed by atoms with E-state index in [0.717, 1.165) is 87.4 Å². The van der Waals surface area contributed by atoms with Crippen LogP contribution in [0.1, 0.15) is 179 Å². The molecule has 0 heterocycles. The first kappa shape index (κ1) is 42.6. The fourth-order valence-corrected chi connectivity index (χ4v) is 10.6. The lowest BCUT2D eigenvalue weighted by atomic mass is 9.68. The Labute approximate surface area is 325 Å². The van der Waals surface area contributed by atoms with Crippen LogP contribution in [-0.2, 0) is 0 Å². The number of allylic oxidation sites excluding steroid dienone is 1. The summed E-state index contributed by atoms with van der Waals surface area (Å²) in [5.74, 6) is 2.28. The highest BCUT2D eigenvalue weighted by Crippen LogP contribution is 2.47. The van der Waals surface area contributed by atoms with E-state index in [1.54, 1.807) is 31.2 Å². The molecule has 0 aromatic heterocycles. The molecule has 0 unspecified atom stereocenters. The maximum atomic E-state index is 14.7. The van der Waals surface area contributed by atoms with E-state index in [0.29, 0.717) is 30.3 Å². The van der Waals surface area contributed by atoms with Gasteiger partial charge < -0.3 is 9.47 Å². The van der Waals surface area contributed by atoms with Crippen molar-refractivity contribution in [2.24, 2.45) is 35.5 Å². The van der Waals surface area contributed by atoms with Crippen LogP contribution in [0.2, 0.25) is 0 Å². The molecule has 0 spiro atoms. The van der Waals surface area contributed by atoms with E-state index >= 15 is 0 Å². The first-order chi connectivity index (χ1) is 26.3. The molecule has 4 aliphatic rings. The van der Waals surface area contributed by atoms with Crippen LogP contribution in [0.25, 0.3) is 0 Å². The fraction of sp³-hybridized carbons (Fsp3) is 0.708. The Morgan fingerprint density at radius 2 is 0.981 bits per heavy atom. The molecule has 0 saturated heterocycles. The zero-order valence-corrected chi connectivity index (χ0v) is 33.8. The van der Waals surface area contributed by atoms with Gasteiger partial charge >= 0.3 is 0 Å². The summed E-state index contributed by atoms with van der Waals surface area (Å²) < 4.78 is 68.4. The second-order valence-corrected chi connectivity index (χ2v) is 17.3. The molecular weight excluding hydrogens is 685 g/mol. The van der Waals surface area contributed by atoms with Crippen molar-refractivity contribution in [3.8, 4) is 11.5 Å². The van der Waals surface area contributed by atoms with Crippen molar-refractivity contribution in [3.63, 3.8) is 0 Å². The molecule has 2 nitrogen and oxygen atoms in total. The Morgan fingerprint density at radius 1 is 0.537 bits per heavy atom. The number of rotatable bonds is 14. The SMILES string of the molecule is C=CC1CCC(C2CCC(c3ccc(OCC)c(F)c3F)CC2)CC1.CCCCCOc1ccc(C2CCC(C3CCC(CCC)CC3)CC2)c(F)c1F. The van der Waals surface area contributed by atoms with Gasteiger partial charge in [0.1, 0.15) is 0 Å². The Kier molecular flexibility index (Phi) is 17.1. The maximum Gasteiger partial charge on any atom is 0.200 e. The van der Waals surface area contributed by atoms with Gasteiger partial charge in [-0.3, -0.25) is 0 Å². The van der Waals surface area contributed by atoms with Crippen molar-refractivity contribution in [1.29, 1.82) is 0 Å². The van der Waals surface area contributed by atoms with Crippen LogP contribution in [0.15, 0.2) is 36.9 Å². The predicted molar refractivity (Wildman–Crippen MR) is 214 cm³/mol. The number of ether oxygens (including phenoxy) is 2. The zero-order chi connectivity index (χ0) is 38.5. The summed E-state index contributed by atoms with van der Waals surface area (Å²) >= 11 is 0. The Bertz CT molecular complexity index is 1410. The monoisotopic (exact) mass is 755 g/mol. The van der Waals surface area contributed by atoms with Crippen LogP contribution in [0, 0.1) is 58.8 Å². The van der Waals surface area contributed by atoms with Crippen LogP contribution in [0.5, 0.6) is 11.5 Å². The van der Waals surface area contributed by atoms with Gasteiger partial charge in [0.15, 0.2) is 23.1 Å². The molecule has 6 heteroatoms. The largest absolute Gasteiger partial charge is 0.491 e. The molecule has 6 rings (SSSR count). The molecule has 54 heavy (non-hydrogen) atoms. The molecule has 0 amide bonds. The molecule has 4 saturated carbocycles. The molecule has 2 aromatic carbocycles. The third-order valence-electron chi connectivity index (χ3n) is 14.0. The molecule has 0 atom stereocenters. The van der Waals surface area contributed by atoms with E-state index in [4.69, 9.17) is 9.47 Å². The van der Waals surface area contributed by atoms with E-state index in [2.05, 4.69) is 26.5 Å². The van der Waals surface area contributed by atoms with E-state index in [1.165, 1.54) is 77.0 Å². The minimum atomic E-state index is -0.829. The van der Waals surface area contributed by atoms with Crippen molar-refractivity contribution in [3.05, 3.63) is 71.3 Å². The summed E-state index contributed by atoms with van der Waals surface area (Å²) in [6, 6.07) is 6.72. The summed E-state index contributed by atoms with van der Waals surface area (Å²) in [7, 11) is 0. The van der Waals surface area contributed by atoms with E-state index in [-0.39, 0.29) is 23.3 Å². The third kappa shape index (κ3) is 11.3. The number of halogens is 4. The van der Waals surface area contributed by atoms with Crippen LogP contribution in [0.3, 0.4) is 0 Å². The summed E-state index contributed by atoms with van der Waals surface area (Å²) in [6.45, 7) is 10.9. The summed E-state index contributed by atoms with van der Waals surface area (Å²) in [5.41, 5.74) is 1.10. The number of benzene rings is 2. The van der Waals surface area contributed by atoms with Crippen molar-refractivity contribution < 1.29 is 27.0 Å². The van der Waals surface area contributed by atoms with Gasteiger partial charge in [0, 0.05) is 0 Å². The Hall–Kier alpha value is -2.50. The number of unbranched alkanes of at least 4 members (excludes halogenated alkanes) is 2. The summed E-state index contributed by atoms with van der Waals surface area (Å²) in [5, 5.41) is 0. The standard InChI is InChI=1S/C26H40F2O.C22H30F2O/c1-3-5-6-18-29-24-17-16-23(25(27)26(24)28)22-14-12-21(13-15-22)20-10-8-19(7-4-2)9-11-20;1-3-15-5-7-16(8-6-15)17-9-11-18(12-10-17)19-13-14-20(25-4-2)22(24)21(19)23/h16-17,19-22H,3-15,18H2,1-2H3;3,13-18H,1,4-12H2,2H3. The average Bonchev–Trinajstić information content (AvgIpc) is 3.21. The van der Waals surface area contributed by atoms with Crippen LogP contribution < -0.4 is 9.47 Å². The lowest BCUT2D eigenvalue weighted by Gasteiger charge is -2.38. The van der Waals surface area contributed by atoms with E-state index in [1.807, 2.05) is 0 Å². The van der Waals surface area contributed by atoms with Gasteiger partial charge in [-0.05, 0) is 174 Å². The lowest BCUT2D eigenvalue weighted by Crippen LogP contribution is -2.25. The summed E-state index contributed by atoms with van der Waals surface area (Å²) in [6.07, 6.45) is 27.1. The minimum absolute atomic E-state index is 0.0245. The van der Waals surface area contributed by atoms with Crippen molar-refractivity contribution in [1.82, 2.24) is 0 Å². The number of hydrogen-bond donors (Lipinski definition) is 0. The predicted octanol–water partition coefficient (Wildman–Crippen LogP) is 15.0. The van der Waals surface area contributed by atoms with Gasteiger partial charge in [-0.25, -0.2) is 8.78 Å². The molecule has 302 valence electrons. The van der Waals surface area contributed by atoms with E-state index < -0.39 is 23.3 Å². The maximum absolute atomic E-state index is 14.7. The fourth-order valence-electron chi connectivity index (χ4n) is 10.6. The smallest absolute Gasteiger partial charge is 0.200 e. The normalized spacial score (nSPS) is 28.8. The highest BCUT2D eigenvalue weighted by atomic mass is 19.2. The zero-order valence-electron chi connectivity index (χ0n) is 33.8. The topological polar surface area (TPSA) is 18.5 Å². The van der Waals surface area contributed by atoms with Crippen molar-refractivity contribution >= 4 is 0 Å². The van der Waals surface area contributed by atoms with Crippen molar-refractivity contribution in [2.45, 2.75) is 167 Å². The quantitative estimate of drug-likeness (QED) is 0.109. The van der Waals surface area contributed by atoms with Gasteiger partial charge in [-0.1, -0.05) is 70.6 Å². The van der Waals surface area contributed by atoms with Crippen LogP contribution in [-0.4, -0.2) is 13.2 Å². The Morgan fingerprint density at radius 3 is 1.41 bits per heavy atom. The van der Waals surface area contributed by atoms with Crippen LogP contribution >= 0.6 is 0 Å². The molecule has 0 aliphatic heterocycles. The molecule has 4 fully saturated rings. The molecular formula is C48H70F4O2. The number of hydrogen-bond acceptors (Lipinski definition) is 2. The van der Waals surface area contributed by atoms with Crippen LogP contribution in [0.4, 0.5) is 17.6 Å². The molecule has 0 bridgehead atoms. The minimum Gasteiger partial charge on any atom is -0.491 e. The second-order valence-electron chi connectivity index (χ2n) is 17.3.